The predicted molar refractivity (Wildman–Crippen MR) is 221 cm³/mol. The topological polar surface area (TPSA) is 113 Å². The zero-order chi connectivity index (χ0) is 40.2. The van der Waals surface area contributed by atoms with Gasteiger partial charge in [0.05, 0.1) is 47.3 Å². The molecule has 294 valence electrons. The first-order chi connectivity index (χ1) is 26.8. The van der Waals surface area contributed by atoms with Gasteiger partial charge in [-0.3, -0.25) is 9.48 Å². The van der Waals surface area contributed by atoms with E-state index in [1.807, 2.05) is 75.8 Å². The lowest BCUT2D eigenvalue weighted by molar-refractivity contribution is 0.0683. The molecule has 1 atom stereocenters. The highest BCUT2D eigenvalue weighted by Crippen LogP contribution is 2.46. The molecule has 1 amide bonds. The average Bonchev–Trinajstić information content (AvgIpc) is 3.78. The number of methoxy groups -OCH3 is 2. The summed E-state index contributed by atoms with van der Waals surface area (Å²) in [5, 5.41) is 18.0. The number of carboxylic acids is 1. The third kappa shape index (κ3) is 6.74. The van der Waals surface area contributed by atoms with E-state index in [0.29, 0.717) is 66.5 Å². The summed E-state index contributed by atoms with van der Waals surface area (Å²) < 4.78 is 22.9. The summed E-state index contributed by atoms with van der Waals surface area (Å²) in [5.74, 6) is -0.500. The van der Waals surface area contributed by atoms with Crippen LogP contribution >= 0.6 is 23.2 Å². The van der Waals surface area contributed by atoms with Gasteiger partial charge >= 0.3 is 5.97 Å². The summed E-state index contributed by atoms with van der Waals surface area (Å²) in [7, 11) is 5.11. The van der Waals surface area contributed by atoms with Crippen LogP contribution in [0.25, 0.3) is 32.9 Å². The molecule has 0 saturated carbocycles. The van der Waals surface area contributed by atoms with Gasteiger partial charge in [0.25, 0.3) is 5.91 Å². The number of rotatable bonds is 13. The number of hydrogen-bond acceptors (Lipinski definition) is 6. The van der Waals surface area contributed by atoms with Crippen LogP contribution in [0.4, 0.5) is 5.69 Å². The highest BCUT2D eigenvalue weighted by molar-refractivity contribution is 6.35. The molecular formula is C43H47Cl2N5O6. The normalized spacial score (nSPS) is 14.4. The molecule has 1 aliphatic rings. The molecule has 56 heavy (non-hydrogen) atoms. The van der Waals surface area contributed by atoms with Crippen molar-refractivity contribution in [2.45, 2.75) is 66.7 Å². The highest BCUT2D eigenvalue weighted by atomic mass is 35.5. The number of nitrogens with zero attached hydrogens (tertiary/aromatic N) is 5. The maximum absolute atomic E-state index is 15.4. The van der Waals surface area contributed by atoms with Crippen molar-refractivity contribution in [3.63, 3.8) is 0 Å². The first-order valence-corrected chi connectivity index (χ1v) is 19.5. The van der Waals surface area contributed by atoms with Crippen LogP contribution < -0.4 is 9.64 Å². The van der Waals surface area contributed by atoms with Gasteiger partial charge in [0, 0.05) is 73.0 Å². The van der Waals surface area contributed by atoms with Crippen LogP contribution in [0.5, 0.6) is 5.75 Å². The number of fused-ring (bicyclic) bond motifs is 4. The molecule has 1 N–H and O–H groups in total. The van der Waals surface area contributed by atoms with Crippen LogP contribution in [-0.2, 0) is 36.1 Å². The van der Waals surface area contributed by atoms with Gasteiger partial charge in [0.15, 0.2) is 0 Å². The van der Waals surface area contributed by atoms with Crippen LogP contribution in [0.15, 0.2) is 42.5 Å². The number of amides is 1. The van der Waals surface area contributed by atoms with Gasteiger partial charge in [0.2, 0.25) is 0 Å². The molecule has 0 fully saturated rings. The fourth-order valence-electron chi connectivity index (χ4n) is 8.44. The van der Waals surface area contributed by atoms with Crippen molar-refractivity contribution < 1.29 is 28.9 Å². The van der Waals surface area contributed by atoms with Crippen LogP contribution in [-0.4, -0.2) is 69.9 Å². The van der Waals surface area contributed by atoms with Gasteiger partial charge in [-0.2, -0.15) is 5.10 Å². The number of benzene rings is 3. The van der Waals surface area contributed by atoms with E-state index in [1.54, 1.807) is 29.8 Å². The van der Waals surface area contributed by atoms with E-state index >= 15 is 4.79 Å². The highest BCUT2D eigenvalue weighted by Gasteiger charge is 2.38. The molecule has 0 unspecified atom stereocenters. The number of hydrogen-bond donors (Lipinski definition) is 1. The smallest absolute Gasteiger partial charge is 0.352 e. The molecule has 0 saturated heterocycles. The molecule has 0 radical (unpaired) electrons. The largest absolute Gasteiger partial charge is 0.494 e. The van der Waals surface area contributed by atoms with Gasteiger partial charge in [-0.25, -0.2) is 4.79 Å². The first-order valence-electron chi connectivity index (χ1n) is 18.7. The Morgan fingerprint density at radius 2 is 1.70 bits per heavy atom. The van der Waals surface area contributed by atoms with Crippen molar-refractivity contribution in [2.75, 3.05) is 38.9 Å². The molecule has 0 aliphatic carbocycles. The van der Waals surface area contributed by atoms with E-state index in [1.165, 1.54) is 0 Å². The summed E-state index contributed by atoms with van der Waals surface area (Å²) in [4.78, 5) is 29.8. The van der Waals surface area contributed by atoms with E-state index in [2.05, 4.69) is 11.5 Å². The molecule has 11 nitrogen and oxygen atoms in total. The monoisotopic (exact) mass is 799 g/mol. The Morgan fingerprint density at radius 1 is 0.964 bits per heavy atom. The third-order valence-electron chi connectivity index (χ3n) is 10.9. The first kappa shape index (κ1) is 39.4. The van der Waals surface area contributed by atoms with Crippen LogP contribution in [0.2, 0.25) is 10.0 Å². The summed E-state index contributed by atoms with van der Waals surface area (Å²) >= 11 is 13.6. The summed E-state index contributed by atoms with van der Waals surface area (Å²) in [5.41, 5.74) is 10.1. The van der Waals surface area contributed by atoms with Crippen molar-refractivity contribution in [2.24, 2.45) is 7.05 Å². The number of carboxylic acid groups (broad SMARTS) is 1. The van der Waals surface area contributed by atoms with Gasteiger partial charge in [0.1, 0.15) is 17.1 Å². The maximum atomic E-state index is 15.4. The van der Waals surface area contributed by atoms with E-state index in [0.717, 1.165) is 66.4 Å². The Morgan fingerprint density at radius 3 is 2.34 bits per heavy atom. The van der Waals surface area contributed by atoms with Crippen LogP contribution in [0.3, 0.4) is 0 Å². The summed E-state index contributed by atoms with van der Waals surface area (Å²) in [6.45, 7) is 11.7. The number of aromatic nitrogens is 4. The van der Waals surface area contributed by atoms with E-state index in [9.17, 15) is 9.90 Å². The van der Waals surface area contributed by atoms with E-state index in [4.69, 9.17) is 42.5 Å². The molecule has 13 heteroatoms. The van der Waals surface area contributed by atoms with Crippen molar-refractivity contribution in [1.82, 2.24) is 18.9 Å². The molecule has 6 aromatic rings. The zero-order valence-corrected chi connectivity index (χ0v) is 34.6. The zero-order valence-electron chi connectivity index (χ0n) is 33.0. The Balaban J connectivity index is 1.42. The molecule has 0 spiro atoms. The Hall–Kier alpha value is -4.81. The fourth-order valence-corrected chi connectivity index (χ4v) is 8.79. The maximum Gasteiger partial charge on any atom is 0.352 e. The average molecular weight is 801 g/mol. The number of anilines is 1. The molecular weight excluding hydrogens is 753 g/mol. The molecule has 4 heterocycles. The quantitative estimate of drug-likeness (QED) is 0.116. The second-order valence-electron chi connectivity index (χ2n) is 14.7. The lowest BCUT2D eigenvalue weighted by atomic mass is 9.98. The van der Waals surface area contributed by atoms with Gasteiger partial charge < -0.3 is 33.4 Å². The summed E-state index contributed by atoms with van der Waals surface area (Å²) in [6.07, 6.45) is 1.18. The standard InChI is InChI=1S/C43H47Cl2N5O6/c1-23-16-30(17-24(2)38(23)45)56-14-9-10-31-32-11-12-33(44)37(36-26(4)46-47(6)27(36)5)40(32)50-25(3)21-49(42(51)41(31)50)34-19-28(22-55-8)18-29-20-35(43(52)53)48(39(29)34)13-15-54-7/h11-12,16-20,25H,9-10,13-15,21-22H2,1-8H3,(H,52,53)/t25-/m1/s1. The van der Waals surface area contributed by atoms with Crippen LogP contribution in [0.1, 0.15) is 74.0 Å². The minimum atomic E-state index is -1.06. The van der Waals surface area contributed by atoms with E-state index < -0.39 is 5.97 Å². The SMILES string of the molecule is COCCn1c(C(=O)O)cc2cc(COC)cc(N3C[C@@H](C)n4c(c(CCCOc5cc(C)c(Cl)c(C)c5)c5ccc(Cl)c(-c6c(C)nn(C)c6C)c54)C3=O)c21. The van der Waals surface area contributed by atoms with Crippen molar-refractivity contribution in [1.29, 1.82) is 0 Å². The third-order valence-corrected chi connectivity index (χ3v) is 11.8. The van der Waals surface area contributed by atoms with Gasteiger partial charge in [-0.05, 0) is 106 Å². The predicted octanol–water partition coefficient (Wildman–Crippen LogP) is 9.26. The number of aryl methyl sites for hydroxylation is 5. The van der Waals surface area contributed by atoms with Gasteiger partial charge in [-0.1, -0.05) is 29.3 Å². The second kappa shape index (κ2) is 15.6. The number of carbonyl (C=O) groups excluding carboxylic acids is 1. The Labute approximate surface area is 336 Å². The van der Waals surface area contributed by atoms with Crippen molar-refractivity contribution in [3.8, 4) is 16.9 Å². The fraction of sp³-hybridized carbons (Fsp3) is 0.372. The Kier molecular flexibility index (Phi) is 11.0. The second-order valence-corrected chi connectivity index (χ2v) is 15.5. The number of carbonyl (C=O) groups is 2. The van der Waals surface area contributed by atoms with Crippen molar-refractivity contribution >= 4 is 62.6 Å². The molecule has 0 bridgehead atoms. The molecule has 1 aliphatic heterocycles. The summed E-state index contributed by atoms with van der Waals surface area (Å²) in [6, 6.07) is 13.1. The van der Waals surface area contributed by atoms with E-state index in [-0.39, 0.29) is 24.2 Å². The minimum Gasteiger partial charge on any atom is -0.494 e. The number of ether oxygens (including phenoxy) is 3. The minimum absolute atomic E-state index is 0.118. The molecule has 3 aromatic carbocycles. The molecule has 3 aromatic heterocycles. The molecule has 7 rings (SSSR count). The van der Waals surface area contributed by atoms with Crippen LogP contribution in [0, 0.1) is 27.7 Å². The van der Waals surface area contributed by atoms with Crippen molar-refractivity contribution in [3.05, 3.63) is 97.5 Å². The van der Waals surface area contributed by atoms with Gasteiger partial charge in [-0.15, -0.1) is 0 Å². The Bertz CT molecular complexity index is 2510. The lowest BCUT2D eigenvalue weighted by Crippen LogP contribution is -2.43. The number of halogens is 2. The lowest BCUT2D eigenvalue weighted by Gasteiger charge is -2.35. The number of aromatic carboxylic acids is 1.